The van der Waals surface area contributed by atoms with Gasteiger partial charge < -0.3 is 19.5 Å². The van der Waals surface area contributed by atoms with Crippen LogP contribution in [0.4, 0.5) is 5.69 Å². The van der Waals surface area contributed by atoms with Crippen LogP contribution in [0.5, 0.6) is 17.2 Å². The lowest BCUT2D eigenvalue weighted by Gasteiger charge is -2.22. The van der Waals surface area contributed by atoms with Gasteiger partial charge in [0.1, 0.15) is 23.9 Å². The molecule has 0 saturated carbocycles. The van der Waals surface area contributed by atoms with Gasteiger partial charge in [-0.2, -0.15) is 0 Å². The standard InChI is InChI=1S/C21H28N2O6S/c1-27-18-11-9-17(10-12-18)23(30(3,25)26)14-5-8-21(24)22-13-15-29-20-7-4-6-19(16-20)28-2/h4,6-7,9-12,16H,5,8,13-15H2,1-3H3,(H,22,24). The Morgan fingerprint density at radius 1 is 1.00 bits per heavy atom. The number of carbonyl (C=O) groups excluding carboxylic acids is 1. The van der Waals surface area contributed by atoms with Gasteiger partial charge in [-0.3, -0.25) is 9.10 Å². The van der Waals surface area contributed by atoms with E-state index in [0.717, 1.165) is 6.26 Å². The molecular weight excluding hydrogens is 408 g/mol. The molecule has 9 heteroatoms. The summed E-state index contributed by atoms with van der Waals surface area (Å²) in [5.74, 6) is 1.84. The molecule has 8 nitrogen and oxygen atoms in total. The molecule has 0 radical (unpaired) electrons. The lowest BCUT2D eigenvalue weighted by atomic mass is 10.2. The molecule has 1 amide bonds. The van der Waals surface area contributed by atoms with Gasteiger partial charge >= 0.3 is 0 Å². The lowest BCUT2D eigenvalue weighted by molar-refractivity contribution is -0.121. The summed E-state index contributed by atoms with van der Waals surface area (Å²) in [4.78, 5) is 12.0. The number of benzene rings is 2. The van der Waals surface area contributed by atoms with Crippen molar-refractivity contribution in [3.05, 3.63) is 48.5 Å². The van der Waals surface area contributed by atoms with Gasteiger partial charge in [-0.05, 0) is 42.8 Å². The predicted molar refractivity (Wildman–Crippen MR) is 116 cm³/mol. The molecule has 0 saturated heterocycles. The zero-order chi connectivity index (χ0) is 22.0. The van der Waals surface area contributed by atoms with E-state index >= 15 is 0 Å². The third-order valence-corrected chi connectivity index (χ3v) is 5.45. The summed E-state index contributed by atoms with van der Waals surface area (Å²) < 4.78 is 41.3. The Balaban J connectivity index is 1.75. The molecule has 0 aliphatic rings. The number of nitrogens with zero attached hydrogens (tertiary/aromatic N) is 1. The summed E-state index contributed by atoms with van der Waals surface area (Å²) in [5.41, 5.74) is 0.533. The molecule has 30 heavy (non-hydrogen) atoms. The molecule has 0 aliphatic heterocycles. The van der Waals surface area contributed by atoms with Gasteiger partial charge in [0.25, 0.3) is 0 Å². The fourth-order valence-corrected chi connectivity index (χ4v) is 3.72. The van der Waals surface area contributed by atoms with E-state index < -0.39 is 10.0 Å². The zero-order valence-electron chi connectivity index (χ0n) is 17.5. The number of hydrogen-bond donors (Lipinski definition) is 1. The number of rotatable bonds is 12. The van der Waals surface area contributed by atoms with Crippen LogP contribution in [0.2, 0.25) is 0 Å². The van der Waals surface area contributed by atoms with Crippen molar-refractivity contribution in [2.24, 2.45) is 0 Å². The molecule has 0 aliphatic carbocycles. The van der Waals surface area contributed by atoms with Crippen molar-refractivity contribution in [2.45, 2.75) is 12.8 Å². The second-order valence-corrected chi connectivity index (χ2v) is 8.42. The third kappa shape index (κ3) is 7.47. The second-order valence-electron chi connectivity index (χ2n) is 6.51. The fraction of sp³-hybridized carbons (Fsp3) is 0.381. The zero-order valence-corrected chi connectivity index (χ0v) is 18.3. The van der Waals surface area contributed by atoms with Gasteiger partial charge in [-0.25, -0.2) is 8.42 Å². The molecule has 0 fully saturated rings. The van der Waals surface area contributed by atoms with Crippen LogP contribution in [0.25, 0.3) is 0 Å². The normalized spacial score (nSPS) is 10.9. The highest BCUT2D eigenvalue weighted by Crippen LogP contribution is 2.22. The minimum atomic E-state index is -3.46. The minimum absolute atomic E-state index is 0.160. The van der Waals surface area contributed by atoms with Crippen molar-refractivity contribution >= 4 is 21.6 Å². The van der Waals surface area contributed by atoms with Gasteiger partial charge in [0, 0.05) is 19.0 Å². The number of amides is 1. The van der Waals surface area contributed by atoms with Crippen molar-refractivity contribution in [3.8, 4) is 17.2 Å². The number of sulfonamides is 1. The van der Waals surface area contributed by atoms with Crippen LogP contribution in [0.15, 0.2) is 48.5 Å². The number of anilines is 1. The van der Waals surface area contributed by atoms with Gasteiger partial charge in [0.15, 0.2) is 0 Å². The largest absolute Gasteiger partial charge is 0.497 e. The average molecular weight is 437 g/mol. The van der Waals surface area contributed by atoms with Crippen LogP contribution in [-0.4, -0.2) is 54.5 Å². The molecule has 0 spiro atoms. The number of methoxy groups -OCH3 is 2. The van der Waals surface area contributed by atoms with Crippen LogP contribution in [-0.2, 0) is 14.8 Å². The average Bonchev–Trinajstić information content (AvgIpc) is 2.74. The van der Waals surface area contributed by atoms with Gasteiger partial charge in [0.05, 0.1) is 32.7 Å². The molecule has 164 valence electrons. The molecule has 2 aromatic carbocycles. The molecule has 0 heterocycles. The quantitative estimate of drug-likeness (QED) is 0.514. The van der Waals surface area contributed by atoms with E-state index in [-0.39, 0.29) is 18.9 Å². The van der Waals surface area contributed by atoms with E-state index in [0.29, 0.717) is 42.5 Å². The van der Waals surface area contributed by atoms with E-state index in [1.165, 1.54) is 4.31 Å². The van der Waals surface area contributed by atoms with Crippen molar-refractivity contribution in [1.82, 2.24) is 5.32 Å². The Labute approximate surface area is 177 Å². The molecule has 0 atom stereocenters. The number of ether oxygens (including phenoxy) is 3. The number of hydrogen-bond acceptors (Lipinski definition) is 6. The molecule has 0 unspecified atom stereocenters. The van der Waals surface area contributed by atoms with Crippen LogP contribution in [0.1, 0.15) is 12.8 Å². The summed E-state index contributed by atoms with van der Waals surface area (Å²) in [6.07, 6.45) is 1.75. The summed E-state index contributed by atoms with van der Waals surface area (Å²) >= 11 is 0. The first-order chi connectivity index (χ1) is 14.3. The molecule has 0 aromatic heterocycles. The Kier molecular flexibility index (Phi) is 8.79. The molecular formula is C21H28N2O6S. The highest BCUT2D eigenvalue weighted by atomic mass is 32.2. The maximum atomic E-state index is 12.1. The van der Waals surface area contributed by atoms with Gasteiger partial charge in [-0.15, -0.1) is 0 Å². The van der Waals surface area contributed by atoms with Crippen molar-refractivity contribution in [2.75, 3.05) is 44.5 Å². The second kappa shape index (κ2) is 11.3. The van der Waals surface area contributed by atoms with Crippen molar-refractivity contribution in [1.29, 1.82) is 0 Å². The SMILES string of the molecule is COc1ccc(N(CCCC(=O)NCCOc2cccc(OC)c2)S(C)(=O)=O)cc1. The van der Waals surface area contributed by atoms with Crippen LogP contribution < -0.4 is 23.8 Å². The van der Waals surface area contributed by atoms with E-state index in [2.05, 4.69) is 5.32 Å². The summed E-state index contributed by atoms with van der Waals surface area (Å²) in [6.45, 7) is 0.878. The van der Waals surface area contributed by atoms with Crippen molar-refractivity contribution < 1.29 is 27.4 Å². The van der Waals surface area contributed by atoms with Gasteiger partial charge in [0.2, 0.25) is 15.9 Å². The first kappa shape index (κ1) is 23.3. The predicted octanol–water partition coefficient (Wildman–Crippen LogP) is 2.45. The van der Waals surface area contributed by atoms with Crippen LogP contribution >= 0.6 is 0 Å². The Bertz CT molecular complexity index is 915. The highest BCUT2D eigenvalue weighted by molar-refractivity contribution is 7.92. The first-order valence-corrected chi connectivity index (χ1v) is 11.3. The summed E-state index contributed by atoms with van der Waals surface area (Å²) in [6, 6.07) is 14.0. The monoisotopic (exact) mass is 436 g/mol. The Hall–Kier alpha value is -2.94. The first-order valence-electron chi connectivity index (χ1n) is 9.49. The molecule has 2 rings (SSSR count). The molecule has 1 N–H and O–H groups in total. The lowest BCUT2D eigenvalue weighted by Crippen LogP contribution is -2.32. The summed E-state index contributed by atoms with van der Waals surface area (Å²) in [5, 5.41) is 2.77. The van der Waals surface area contributed by atoms with E-state index in [4.69, 9.17) is 14.2 Å². The van der Waals surface area contributed by atoms with E-state index in [1.54, 1.807) is 44.6 Å². The minimum Gasteiger partial charge on any atom is -0.497 e. The maximum absolute atomic E-state index is 12.1. The number of nitrogens with one attached hydrogen (secondary N) is 1. The smallest absolute Gasteiger partial charge is 0.232 e. The molecule has 0 bridgehead atoms. The van der Waals surface area contributed by atoms with Crippen LogP contribution in [0.3, 0.4) is 0 Å². The van der Waals surface area contributed by atoms with E-state index in [9.17, 15) is 13.2 Å². The van der Waals surface area contributed by atoms with Gasteiger partial charge in [-0.1, -0.05) is 6.07 Å². The Morgan fingerprint density at radius 3 is 2.30 bits per heavy atom. The van der Waals surface area contributed by atoms with Crippen molar-refractivity contribution in [3.63, 3.8) is 0 Å². The van der Waals surface area contributed by atoms with E-state index in [1.807, 2.05) is 18.2 Å². The molecule has 2 aromatic rings. The summed E-state index contributed by atoms with van der Waals surface area (Å²) in [7, 11) is -0.335. The highest BCUT2D eigenvalue weighted by Gasteiger charge is 2.17. The van der Waals surface area contributed by atoms with Crippen LogP contribution in [0, 0.1) is 0 Å². The Morgan fingerprint density at radius 2 is 1.67 bits per heavy atom. The fourth-order valence-electron chi connectivity index (χ4n) is 2.76. The maximum Gasteiger partial charge on any atom is 0.232 e. The number of carbonyl (C=O) groups is 1. The third-order valence-electron chi connectivity index (χ3n) is 4.26. The topological polar surface area (TPSA) is 94.2 Å².